The Hall–Kier alpha value is -1.19. The Morgan fingerprint density at radius 3 is 2.71 bits per heavy atom. The van der Waals surface area contributed by atoms with Gasteiger partial charge in [0.15, 0.2) is 0 Å². The summed E-state index contributed by atoms with van der Waals surface area (Å²) in [6.45, 7) is 0. The highest BCUT2D eigenvalue weighted by atomic mass is 35.5. The zero-order valence-electron chi connectivity index (χ0n) is 6.88. The van der Waals surface area contributed by atoms with E-state index >= 15 is 0 Å². The van der Waals surface area contributed by atoms with Gasteiger partial charge in [-0.25, -0.2) is 4.79 Å². The molecule has 1 aromatic carbocycles. The first kappa shape index (κ1) is 9.37. The molecule has 0 aliphatic carbocycles. The summed E-state index contributed by atoms with van der Waals surface area (Å²) in [6, 6.07) is 4.78. The van der Waals surface area contributed by atoms with Crippen LogP contribution in [0.15, 0.2) is 27.4 Å². The highest BCUT2D eigenvalue weighted by molar-refractivity contribution is 6.35. The maximum absolute atomic E-state index is 11.1. The van der Waals surface area contributed by atoms with Crippen LogP contribution < -0.4 is 11.4 Å². The van der Waals surface area contributed by atoms with Crippen LogP contribution in [0.2, 0.25) is 10.0 Å². The van der Waals surface area contributed by atoms with Gasteiger partial charge in [-0.1, -0.05) is 23.2 Å². The van der Waals surface area contributed by atoms with Crippen LogP contribution in [0.4, 0.5) is 5.69 Å². The van der Waals surface area contributed by atoms with Gasteiger partial charge in [-0.2, -0.15) is 0 Å². The Labute approximate surface area is 89.0 Å². The monoisotopic (exact) mass is 229 g/mol. The number of halogens is 2. The van der Waals surface area contributed by atoms with Crippen LogP contribution >= 0.6 is 23.2 Å². The molecular weight excluding hydrogens is 225 g/mol. The van der Waals surface area contributed by atoms with Gasteiger partial charge in [-0.15, -0.1) is 0 Å². The molecule has 0 unspecified atom stereocenters. The lowest BCUT2D eigenvalue weighted by atomic mass is 10.2. The van der Waals surface area contributed by atoms with Gasteiger partial charge in [0.25, 0.3) is 0 Å². The van der Waals surface area contributed by atoms with Gasteiger partial charge < -0.3 is 10.2 Å². The van der Waals surface area contributed by atoms with Crippen molar-refractivity contribution in [1.29, 1.82) is 0 Å². The Morgan fingerprint density at radius 1 is 1.29 bits per heavy atom. The Kier molecular flexibility index (Phi) is 2.13. The minimum absolute atomic E-state index is 0.111. The Morgan fingerprint density at radius 2 is 2.00 bits per heavy atom. The Bertz CT molecular complexity index is 562. The molecule has 0 fully saturated rings. The number of anilines is 1. The van der Waals surface area contributed by atoms with E-state index < -0.39 is 5.63 Å². The first-order chi connectivity index (χ1) is 6.59. The van der Waals surface area contributed by atoms with Gasteiger partial charge in [0, 0.05) is 10.4 Å². The molecule has 14 heavy (non-hydrogen) atoms. The minimum Gasteiger partial charge on any atom is -0.422 e. The SMILES string of the molecule is Nc1c(Cl)c(=O)oc2ccc(Cl)cc12. The van der Waals surface area contributed by atoms with Crippen LogP contribution in [-0.2, 0) is 0 Å². The second-order valence-corrected chi connectivity index (χ2v) is 3.57. The van der Waals surface area contributed by atoms with Crippen molar-refractivity contribution in [3.8, 4) is 0 Å². The van der Waals surface area contributed by atoms with Gasteiger partial charge >= 0.3 is 5.63 Å². The van der Waals surface area contributed by atoms with Crippen LogP contribution in [-0.4, -0.2) is 0 Å². The van der Waals surface area contributed by atoms with Gasteiger partial charge in [-0.3, -0.25) is 0 Å². The van der Waals surface area contributed by atoms with Crippen LogP contribution in [0.3, 0.4) is 0 Å². The highest BCUT2D eigenvalue weighted by Gasteiger charge is 2.09. The molecule has 0 atom stereocenters. The highest BCUT2D eigenvalue weighted by Crippen LogP contribution is 2.27. The molecule has 0 saturated carbocycles. The normalized spacial score (nSPS) is 10.7. The van der Waals surface area contributed by atoms with Crippen molar-refractivity contribution in [3.63, 3.8) is 0 Å². The fourth-order valence-electron chi connectivity index (χ4n) is 1.17. The van der Waals surface area contributed by atoms with Crippen LogP contribution in [0.1, 0.15) is 0 Å². The van der Waals surface area contributed by atoms with Crippen molar-refractivity contribution >= 4 is 39.9 Å². The first-order valence-electron chi connectivity index (χ1n) is 3.77. The van der Waals surface area contributed by atoms with Crippen LogP contribution in [0, 0.1) is 0 Å². The molecule has 0 aliphatic rings. The number of nitrogen functional groups attached to an aromatic ring is 1. The van der Waals surface area contributed by atoms with Crippen molar-refractivity contribution < 1.29 is 4.42 Å². The molecule has 0 bridgehead atoms. The lowest BCUT2D eigenvalue weighted by Crippen LogP contribution is -2.03. The van der Waals surface area contributed by atoms with Crippen molar-refractivity contribution in [1.82, 2.24) is 0 Å². The predicted molar refractivity (Wildman–Crippen MR) is 56.9 cm³/mol. The number of fused-ring (bicyclic) bond motifs is 1. The standard InChI is InChI=1S/C9H5Cl2NO2/c10-4-1-2-6-5(3-4)8(12)7(11)9(13)14-6/h1-3H,12H2. The summed E-state index contributed by atoms with van der Waals surface area (Å²) in [5.74, 6) is 0. The summed E-state index contributed by atoms with van der Waals surface area (Å²) < 4.78 is 4.90. The summed E-state index contributed by atoms with van der Waals surface area (Å²) in [5.41, 5.74) is 5.57. The second-order valence-electron chi connectivity index (χ2n) is 2.76. The van der Waals surface area contributed by atoms with Gasteiger partial charge in [-0.05, 0) is 18.2 Å². The largest absolute Gasteiger partial charge is 0.422 e. The lowest BCUT2D eigenvalue weighted by Gasteiger charge is -2.02. The van der Waals surface area contributed by atoms with E-state index in [2.05, 4.69) is 0 Å². The van der Waals surface area contributed by atoms with E-state index in [-0.39, 0.29) is 10.7 Å². The average Bonchev–Trinajstić information content (AvgIpc) is 2.16. The maximum Gasteiger partial charge on any atom is 0.357 e. The molecule has 3 nitrogen and oxygen atoms in total. The average molecular weight is 230 g/mol. The maximum atomic E-state index is 11.1. The predicted octanol–water partition coefficient (Wildman–Crippen LogP) is 2.68. The van der Waals surface area contributed by atoms with Crippen LogP contribution in [0.25, 0.3) is 11.0 Å². The number of rotatable bonds is 0. The second kappa shape index (κ2) is 3.19. The third-order valence-electron chi connectivity index (χ3n) is 1.85. The molecule has 0 aliphatic heterocycles. The fourth-order valence-corrected chi connectivity index (χ4v) is 1.49. The summed E-state index contributed by atoms with van der Waals surface area (Å²) in [5, 5.41) is 0.941. The van der Waals surface area contributed by atoms with Gasteiger partial charge in [0.1, 0.15) is 10.6 Å². The van der Waals surface area contributed by atoms with E-state index in [1.807, 2.05) is 0 Å². The fraction of sp³-hybridized carbons (Fsp3) is 0. The van der Waals surface area contributed by atoms with Crippen molar-refractivity contribution in [3.05, 3.63) is 38.7 Å². The smallest absolute Gasteiger partial charge is 0.357 e. The first-order valence-corrected chi connectivity index (χ1v) is 4.52. The zero-order chi connectivity index (χ0) is 10.3. The molecule has 2 N–H and O–H groups in total. The molecule has 0 saturated heterocycles. The summed E-state index contributed by atoms with van der Waals surface area (Å²) in [6.07, 6.45) is 0. The van der Waals surface area contributed by atoms with E-state index in [0.717, 1.165) is 0 Å². The van der Waals surface area contributed by atoms with Gasteiger partial charge in [0.05, 0.1) is 5.69 Å². The molecule has 1 heterocycles. The number of benzene rings is 1. The van der Waals surface area contributed by atoms with E-state index in [1.165, 1.54) is 0 Å². The number of nitrogens with two attached hydrogens (primary N) is 1. The molecule has 0 spiro atoms. The molecule has 72 valence electrons. The van der Waals surface area contributed by atoms with Gasteiger partial charge in [0.2, 0.25) is 0 Å². The topological polar surface area (TPSA) is 56.2 Å². The zero-order valence-corrected chi connectivity index (χ0v) is 8.39. The minimum atomic E-state index is -0.640. The molecule has 5 heteroatoms. The van der Waals surface area contributed by atoms with Crippen molar-refractivity contribution in [2.24, 2.45) is 0 Å². The van der Waals surface area contributed by atoms with Crippen LogP contribution in [0.5, 0.6) is 0 Å². The Balaban J connectivity index is 2.99. The molecular formula is C9H5Cl2NO2. The molecule has 2 aromatic rings. The summed E-state index contributed by atoms with van der Waals surface area (Å²) >= 11 is 11.4. The molecule has 2 rings (SSSR count). The molecule has 0 radical (unpaired) electrons. The van der Waals surface area contributed by atoms with E-state index in [4.69, 9.17) is 33.4 Å². The lowest BCUT2D eigenvalue weighted by molar-refractivity contribution is 0.562. The van der Waals surface area contributed by atoms with E-state index in [0.29, 0.717) is 16.0 Å². The van der Waals surface area contributed by atoms with E-state index in [9.17, 15) is 4.79 Å². The number of hydrogen-bond donors (Lipinski definition) is 1. The van der Waals surface area contributed by atoms with Crippen molar-refractivity contribution in [2.75, 3.05) is 5.73 Å². The van der Waals surface area contributed by atoms with Crippen molar-refractivity contribution in [2.45, 2.75) is 0 Å². The quantitative estimate of drug-likeness (QED) is 0.707. The molecule has 0 amide bonds. The summed E-state index contributed by atoms with van der Waals surface area (Å²) in [7, 11) is 0. The summed E-state index contributed by atoms with van der Waals surface area (Å²) in [4.78, 5) is 11.1. The third kappa shape index (κ3) is 1.35. The van der Waals surface area contributed by atoms with E-state index in [1.54, 1.807) is 18.2 Å². The third-order valence-corrected chi connectivity index (χ3v) is 2.44. The molecule has 1 aromatic heterocycles. The number of hydrogen-bond acceptors (Lipinski definition) is 3.